The Balaban J connectivity index is 2.50. The first kappa shape index (κ1) is 15.4. The molecule has 0 bridgehead atoms. The van der Waals surface area contributed by atoms with Crippen molar-refractivity contribution in [3.63, 3.8) is 0 Å². The van der Waals surface area contributed by atoms with E-state index in [0.29, 0.717) is 18.7 Å². The minimum absolute atomic E-state index is 0.173. The van der Waals surface area contributed by atoms with Crippen molar-refractivity contribution >= 4 is 5.91 Å². The second kappa shape index (κ2) is 7.74. The molecule has 1 amide bonds. The van der Waals surface area contributed by atoms with E-state index in [1.807, 2.05) is 19.0 Å². The molecule has 0 radical (unpaired) electrons. The Hall–Kier alpha value is -1.62. The van der Waals surface area contributed by atoms with Crippen LogP contribution < -0.4 is 10.1 Å². The number of nitrogens with zero attached hydrogens (tertiary/aromatic N) is 1. The van der Waals surface area contributed by atoms with Crippen molar-refractivity contribution in [1.82, 2.24) is 10.2 Å². The summed E-state index contributed by atoms with van der Waals surface area (Å²) in [5, 5.41) is 2.76. The Bertz CT molecular complexity index is 422. The first-order valence-corrected chi connectivity index (χ1v) is 6.40. The average Bonchev–Trinajstić information content (AvgIpc) is 2.36. The van der Waals surface area contributed by atoms with Crippen LogP contribution in [0.4, 0.5) is 4.39 Å². The fourth-order valence-corrected chi connectivity index (χ4v) is 1.61. The summed E-state index contributed by atoms with van der Waals surface area (Å²) in [5.74, 6) is -0.602. The molecule has 0 aromatic heterocycles. The van der Waals surface area contributed by atoms with Gasteiger partial charge in [0.15, 0.2) is 11.6 Å². The Morgan fingerprint density at radius 2 is 2.16 bits per heavy atom. The predicted molar refractivity (Wildman–Crippen MR) is 73.1 cm³/mol. The van der Waals surface area contributed by atoms with Gasteiger partial charge in [0.1, 0.15) is 0 Å². The van der Waals surface area contributed by atoms with Crippen molar-refractivity contribution in [2.45, 2.75) is 13.3 Å². The molecule has 0 saturated heterocycles. The van der Waals surface area contributed by atoms with E-state index in [0.717, 1.165) is 13.0 Å². The molecule has 106 valence electrons. The zero-order valence-corrected chi connectivity index (χ0v) is 11.7. The van der Waals surface area contributed by atoms with Gasteiger partial charge in [-0.25, -0.2) is 4.39 Å². The number of ether oxygens (including phenoxy) is 1. The minimum Gasteiger partial charge on any atom is -0.491 e. The molecule has 0 aliphatic rings. The third kappa shape index (κ3) is 5.26. The molecule has 5 heteroatoms. The molecule has 1 aromatic carbocycles. The number of carbonyl (C=O) groups is 1. The van der Waals surface area contributed by atoms with Crippen molar-refractivity contribution in [1.29, 1.82) is 0 Å². The van der Waals surface area contributed by atoms with Crippen LogP contribution in [0.15, 0.2) is 18.2 Å². The topological polar surface area (TPSA) is 41.6 Å². The smallest absolute Gasteiger partial charge is 0.251 e. The maximum Gasteiger partial charge on any atom is 0.251 e. The van der Waals surface area contributed by atoms with Crippen LogP contribution >= 0.6 is 0 Å². The zero-order chi connectivity index (χ0) is 14.3. The first-order chi connectivity index (χ1) is 9.04. The minimum atomic E-state index is -0.511. The normalized spacial score (nSPS) is 10.6. The van der Waals surface area contributed by atoms with Crippen LogP contribution in [0.2, 0.25) is 0 Å². The standard InChI is InChI=1S/C14H21FN2O2/c1-4-19-13-7-6-11(10-12(13)15)14(18)16-8-5-9-17(2)3/h6-7,10H,4-5,8-9H2,1-3H3,(H,16,18). The lowest BCUT2D eigenvalue weighted by atomic mass is 10.2. The van der Waals surface area contributed by atoms with Gasteiger partial charge >= 0.3 is 0 Å². The maximum absolute atomic E-state index is 13.6. The molecule has 0 fully saturated rings. The molecule has 0 saturated carbocycles. The van der Waals surface area contributed by atoms with Gasteiger partial charge in [0, 0.05) is 12.1 Å². The monoisotopic (exact) mass is 268 g/mol. The summed E-state index contributed by atoms with van der Waals surface area (Å²) in [6.07, 6.45) is 0.859. The van der Waals surface area contributed by atoms with Gasteiger partial charge in [-0.1, -0.05) is 0 Å². The third-order valence-electron chi connectivity index (χ3n) is 2.56. The lowest BCUT2D eigenvalue weighted by molar-refractivity contribution is 0.0952. The fraction of sp³-hybridized carbons (Fsp3) is 0.500. The van der Waals surface area contributed by atoms with Gasteiger partial charge in [-0.05, 0) is 52.2 Å². The van der Waals surface area contributed by atoms with Crippen LogP contribution in [0.1, 0.15) is 23.7 Å². The van der Waals surface area contributed by atoms with E-state index in [2.05, 4.69) is 5.32 Å². The lowest BCUT2D eigenvalue weighted by Gasteiger charge is -2.10. The highest BCUT2D eigenvalue weighted by Gasteiger charge is 2.09. The van der Waals surface area contributed by atoms with Crippen LogP contribution in [0.5, 0.6) is 5.75 Å². The third-order valence-corrected chi connectivity index (χ3v) is 2.56. The van der Waals surface area contributed by atoms with Gasteiger partial charge in [-0.15, -0.1) is 0 Å². The Morgan fingerprint density at radius 1 is 1.42 bits per heavy atom. The van der Waals surface area contributed by atoms with E-state index in [9.17, 15) is 9.18 Å². The summed E-state index contributed by atoms with van der Waals surface area (Å²) < 4.78 is 18.7. The molecular formula is C14H21FN2O2. The van der Waals surface area contributed by atoms with E-state index in [1.165, 1.54) is 12.1 Å². The van der Waals surface area contributed by atoms with E-state index < -0.39 is 5.82 Å². The number of benzene rings is 1. The number of hydrogen-bond acceptors (Lipinski definition) is 3. The highest BCUT2D eigenvalue weighted by molar-refractivity contribution is 5.94. The van der Waals surface area contributed by atoms with Crippen molar-refractivity contribution in [2.75, 3.05) is 33.8 Å². The predicted octanol–water partition coefficient (Wildman–Crippen LogP) is 1.91. The number of carbonyl (C=O) groups excluding carboxylic acids is 1. The van der Waals surface area contributed by atoms with Crippen LogP contribution in [-0.2, 0) is 0 Å². The molecule has 0 aliphatic heterocycles. The molecular weight excluding hydrogens is 247 g/mol. The Labute approximate surface area is 113 Å². The van der Waals surface area contributed by atoms with Gasteiger partial charge in [0.25, 0.3) is 5.91 Å². The Morgan fingerprint density at radius 3 is 2.74 bits per heavy atom. The fourth-order valence-electron chi connectivity index (χ4n) is 1.61. The van der Waals surface area contributed by atoms with Crippen molar-refractivity contribution < 1.29 is 13.9 Å². The van der Waals surface area contributed by atoms with Crippen LogP contribution in [0.25, 0.3) is 0 Å². The summed E-state index contributed by atoms with van der Waals surface area (Å²) >= 11 is 0. The Kier molecular flexibility index (Phi) is 6.29. The first-order valence-electron chi connectivity index (χ1n) is 6.40. The average molecular weight is 268 g/mol. The molecule has 4 nitrogen and oxygen atoms in total. The molecule has 0 spiro atoms. The van der Waals surface area contributed by atoms with Crippen molar-refractivity contribution in [2.24, 2.45) is 0 Å². The van der Waals surface area contributed by atoms with Gasteiger partial charge in [-0.3, -0.25) is 4.79 Å². The summed E-state index contributed by atoms with van der Waals surface area (Å²) in [7, 11) is 3.95. The summed E-state index contributed by atoms with van der Waals surface area (Å²) in [4.78, 5) is 13.8. The highest BCUT2D eigenvalue weighted by Crippen LogP contribution is 2.18. The largest absolute Gasteiger partial charge is 0.491 e. The summed E-state index contributed by atoms with van der Waals surface area (Å²) in [5.41, 5.74) is 0.311. The number of amides is 1. The van der Waals surface area contributed by atoms with Crippen LogP contribution in [-0.4, -0.2) is 44.6 Å². The summed E-state index contributed by atoms with van der Waals surface area (Å²) in [6.45, 7) is 3.65. The number of rotatable bonds is 7. The number of halogens is 1. The van der Waals surface area contributed by atoms with Gasteiger partial charge in [0.05, 0.1) is 6.61 Å². The zero-order valence-electron chi connectivity index (χ0n) is 11.7. The SMILES string of the molecule is CCOc1ccc(C(=O)NCCCN(C)C)cc1F. The van der Waals surface area contributed by atoms with Crippen LogP contribution in [0.3, 0.4) is 0 Å². The molecule has 1 N–H and O–H groups in total. The molecule has 0 atom stereocenters. The molecule has 19 heavy (non-hydrogen) atoms. The maximum atomic E-state index is 13.6. The quantitative estimate of drug-likeness (QED) is 0.768. The second-order valence-corrected chi connectivity index (χ2v) is 4.49. The molecule has 1 aromatic rings. The van der Waals surface area contributed by atoms with Crippen molar-refractivity contribution in [3.05, 3.63) is 29.6 Å². The van der Waals surface area contributed by atoms with E-state index in [4.69, 9.17) is 4.74 Å². The number of hydrogen-bond donors (Lipinski definition) is 1. The van der Waals surface area contributed by atoms with Gasteiger partial charge < -0.3 is 15.0 Å². The highest BCUT2D eigenvalue weighted by atomic mass is 19.1. The van der Waals surface area contributed by atoms with E-state index >= 15 is 0 Å². The van der Waals surface area contributed by atoms with Gasteiger partial charge in [-0.2, -0.15) is 0 Å². The van der Waals surface area contributed by atoms with Crippen LogP contribution in [0, 0.1) is 5.82 Å². The number of nitrogens with one attached hydrogen (secondary N) is 1. The van der Waals surface area contributed by atoms with Crippen molar-refractivity contribution in [3.8, 4) is 5.75 Å². The molecule has 0 heterocycles. The second-order valence-electron chi connectivity index (χ2n) is 4.49. The van der Waals surface area contributed by atoms with Gasteiger partial charge in [0.2, 0.25) is 0 Å². The van der Waals surface area contributed by atoms with E-state index in [1.54, 1.807) is 13.0 Å². The molecule has 1 rings (SSSR count). The lowest BCUT2D eigenvalue weighted by Crippen LogP contribution is -2.27. The molecule has 0 aliphatic carbocycles. The molecule has 0 unspecified atom stereocenters. The summed E-state index contributed by atoms with van der Waals surface area (Å²) in [6, 6.07) is 4.25. The van der Waals surface area contributed by atoms with E-state index in [-0.39, 0.29) is 11.7 Å².